The van der Waals surface area contributed by atoms with Crippen LogP contribution in [0.15, 0.2) is 16.6 Å². The molecule has 0 radical (unpaired) electrons. The third kappa shape index (κ3) is 5.02. The molecule has 0 N–H and O–H groups in total. The molecule has 5 heteroatoms. The Labute approximate surface area is 180 Å². The van der Waals surface area contributed by atoms with Gasteiger partial charge in [0.15, 0.2) is 0 Å². The molecule has 2 atom stereocenters. The van der Waals surface area contributed by atoms with E-state index in [4.69, 9.17) is 9.16 Å². The molecule has 0 heterocycles. The summed E-state index contributed by atoms with van der Waals surface area (Å²) in [5.41, 5.74) is 1.06. The summed E-state index contributed by atoms with van der Waals surface area (Å²) in [6, 6.07) is 4.07. The Morgan fingerprint density at radius 3 is 2.32 bits per heavy atom. The van der Waals surface area contributed by atoms with Crippen LogP contribution in [0.5, 0.6) is 11.5 Å². The monoisotopic (exact) mass is 468 g/mol. The fourth-order valence-electron chi connectivity index (χ4n) is 4.06. The number of carbonyl (C=O) groups excluding carboxylic acids is 1. The highest BCUT2D eigenvalue weighted by atomic mass is 79.9. The molecule has 0 unspecified atom stereocenters. The van der Waals surface area contributed by atoms with E-state index in [0.717, 1.165) is 28.0 Å². The molecule has 158 valence electrons. The van der Waals surface area contributed by atoms with Crippen LogP contribution in [-0.4, -0.2) is 21.2 Å². The SMILES string of the molecule is COc1cc(C[C@@H]2C(=O)C[C@H](C)CC2(C)C)c(O[Si](C)(C)C(C)(C)C)cc1Br. The van der Waals surface area contributed by atoms with E-state index in [1.165, 1.54) is 0 Å². The molecule has 1 saturated carbocycles. The Bertz CT molecular complexity index is 734. The Morgan fingerprint density at radius 1 is 1.21 bits per heavy atom. The van der Waals surface area contributed by atoms with Crippen LogP contribution in [0, 0.1) is 17.3 Å². The number of ketones is 1. The third-order valence-corrected chi connectivity index (χ3v) is 11.6. The number of Topliss-reactive ketones (excluding diaryl/α,β-unsaturated/α-hetero) is 1. The van der Waals surface area contributed by atoms with Gasteiger partial charge in [0.1, 0.15) is 17.3 Å². The second-order valence-electron chi connectivity index (χ2n) is 10.7. The van der Waals surface area contributed by atoms with Gasteiger partial charge in [0.2, 0.25) is 8.32 Å². The highest BCUT2D eigenvalue weighted by Crippen LogP contribution is 2.46. The van der Waals surface area contributed by atoms with Crippen molar-refractivity contribution in [2.75, 3.05) is 7.11 Å². The number of carbonyl (C=O) groups is 1. The van der Waals surface area contributed by atoms with Crippen molar-refractivity contribution in [3.63, 3.8) is 0 Å². The summed E-state index contributed by atoms with van der Waals surface area (Å²) >= 11 is 3.61. The second-order valence-corrected chi connectivity index (χ2v) is 16.3. The predicted molar refractivity (Wildman–Crippen MR) is 123 cm³/mol. The quantitative estimate of drug-likeness (QED) is 0.435. The average Bonchev–Trinajstić information content (AvgIpc) is 2.50. The standard InChI is InChI=1S/C23H37BrO3Si/c1-15-10-19(25)17(23(5,6)14-15)11-16-12-21(26-7)18(24)13-20(16)27-28(8,9)22(2,3)4/h12-13,15,17H,10-11,14H2,1-9H3/t15-,17+/m0/s1. The number of ether oxygens (including phenoxy) is 1. The Balaban J connectivity index is 2.46. The molecule has 3 nitrogen and oxygen atoms in total. The number of benzene rings is 1. The van der Waals surface area contributed by atoms with Gasteiger partial charge in [0, 0.05) is 12.3 Å². The first kappa shape index (κ1) is 23.5. The third-order valence-electron chi connectivity index (χ3n) is 6.69. The maximum atomic E-state index is 12.9. The van der Waals surface area contributed by atoms with Gasteiger partial charge in [0.05, 0.1) is 11.6 Å². The van der Waals surface area contributed by atoms with Crippen LogP contribution >= 0.6 is 15.9 Å². The molecular formula is C23H37BrO3Si. The molecule has 1 aromatic carbocycles. The van der Waals surface area contributed by atoms with Crippen molar-refractivity contribution in [3.05, 3.63) is 22.2 Å². The van der Waals surface area contributed by atoms with E-state index in [-0.39, 0.29) is 16.4 Å². The number of halogens is 1. The lowest BCUT2D eigenvalue weighted by molar-refractivity contribution is -0.131. The Hall–Kier alpha value is -0.813. The Kier molecular flexibility index (Phi) is 6.82. The molecule has 0 aliphatic heterocycles. The van der Waals surface area contributed by atoms with Crippen LogP contribution in [0.1, 0.15) is 59.9 Å². The van der Waals surface area contributed by atoms with Crippen LogP contribution in [0.3, 0.4) is 0 Å². The fourth-order valence-corrected chi connectivity index (χ4v) is 5.59. The van der Waals surface area contributed by atoms with Crippen molar-refractivity contribution in [2.24, 2.45) is 17.3 Å². The number of hydrogen-bond acceptors (Lipinski definition) is 3. The zero-order chi connectivity index (χ0) is 21.5. The molecule has 28 heavy (non-hydrogen) atoms. The van der Waals surface area contributed by atoms with Crippen LogP contribution < -0.4 is 9.16 Å². The molecule has 0 amide bonds. The summed E-state index contributed by atoms with van der Waals surface area (Å²) in [5.74, 6) is 2.52. The molecule has 1 aromatic rings. The first-order valence-electron chi connectivity index (χ1n) is 10.3. The summed E-state index contributed by atoms with van der Waals surface area (Å²) < 4.78 is 13.1. The van der Waals surface area contributed by atoms with Gasteiger partial charge in [-0.2, -0.15) is 0 Å². The van der Waals surface area contributed by atoms with Crippen LogP contribution in [-0.2, 0) is 11.2 Å². The lowest BCUT2D eigenvalue weighted by Gasteiger charge is -2.41. The van der Waals surface area contributed by atoms with Gasteiger partial charge < -0.3 is 9.16 Å². The lowest BCUT2D eigenvalue weighted by Crippen LogP contribution is -2.44. The lowest BCUT2D eigenvalue weighted by atomic mass is 9.63. The molecule has 0 bridgehead atoms. The molecule has 1 aliphatic carbocycles. The molecular weight excluding hydrogens is 432 g/mol. The minimum atomic E-state index is -2.00. The van der Waals surface area contributed by atoms with Gasteiger partial charge in [-0.05, 0) is 75.9 Å². The highest BCUT2D eigenvalue weighted by Gasteiger charge is 2.42. The summed E-state index contributed by atoms with van der Waals surface area (Å²) in [6.45, 7) is 17.9. The van der Waals surface area contributed by atoms with Gasteiger partial charge in [-0.15, -0.1) is 0 Å². The zero-order valence-electron chi connectivity index (χ0n) is 19.0. The van der Waals surface area contributed by atoms with Crippen LogP contribution in [0.2, 0.25) is 18.1 Å². The highest BCUT2D eigenvalue weighted by molar-refractivity contribution is 9.10. The average molecular weight is 470 g/mol. The smallest absolute Gasteiger partial charge is 0.250 e. The number of hydrogen-bond donors (Lipinski definition) is 0. The minimum Gasteiger partial charge on any atom is -0.543 e. The van der Waals surface area contributed by atoms with Gasteiger partial charge in [0.25, 0.3) is 0 Å². The number of rotatable bonds is 5. The van der Waals surface area contributed by atoms with Crippen molar-refractivity contribution in [1.29, 1.82) is 0 Å². The fraction of sp³-hybridized carbons (Fsp3) is 0.696. The maximum absolute atomic E-state index is 12.9. The topological polar surface area (TPSA) is 35.5 Å². The minimum absolute atomic E-state index is 0.0105. The zero-order valence-corrected chi connectivity index (χ0v) is 21.6. The van der Waals surface area contributed by atoms with E-state index in [1.807, 2.05) is 12.1 Å². The van der Waals surface area contributed by atoms with Crippen molar-refractivity contribution in [1.82, 2.24) is 0 Å². The molecule has 1 aliphatic rings. The molecule has 0 saturated heterocycles. The van der Waals surface area contributed by atoms with Crippen molar-refractivity contribution >= 4 is 30.0 Å². The van der Waals surface area contributed by atoms with E-state index in [2.05, 4.69) is 70.6 Å². The molecule has 2 rings (SSSR count). The number of methoxy groups -OCH3 is 1. The summed E-state index contributed by atoms with van der Waals surface area (Å²) in [5, 5.41) is 0.103. The molecule has 1 fully saturated rings. The van der Waals surface area contributed by atoms with Gasteiger partial charge >= 0.3 is 0 Å². The van der Waals surface area contributed by atoms with E-state index in [0.29, 0.717) is 24.5 Å². The summed E-state index contributed by atoms with van der Waals surface area (Å²) in [6.07, 6.45) is 2.46. The van der Waals surface area contributed by atoms with E-state index in [1.54, 1.807) is 7.11 Å². The van der Waals surface area contributed by atoms with Crippen molar-refractivity contribution in [3.8, 4) is 11.5 Å². The van der Waals surface area contributed by atoms with Crippen molar-refractivity contribution in [2.45, 2.75) is 78.9 Å². The first-order valence-corrected chi connectivity index (χ1v) is 14.0. The largest absolute Gasteiger partial charge is 0.543 e. The van der Waals surface area contributed by atoms with E-state index < -0.39 is 8.32 Å². The second kappa shape index (κ2) is 8.14. The van der Waals surface area contributed by atoms with Gasteiger partial charge in [-0.1, -0.05) is 41.5 Å². The van der Waals surface area contributed by atoms with Gasteiger partial charge in [-0.25, -0.2) is 0 Å². The van der Waals surface area contributed by atoms with E-state index in [9.17, 15) is 4.79 Å². The normalized spacial score (nSPS) is 22.9. The molecule has 0 spiro atoms. The maximum Gasteiger partial charge on any atom is 0.250 e. The summed E-state index contributed by atoms with van der Waals surface area (Å²) in [7, 11) is -0.327. The summed E-state index contributed by atoms with van der Waals surface area (Å²) in [4.78, 5) is 12.9. The molecule has 0 aromatic heterocycles. The van der Waals surface area contributed by atoms with E-state index >= 15 is 0 Å². The Morgan fingerprint density at radius 2 is 1.82 bits per heavy atom. The predicted octanol–water partition coefficient (Wildman–Crippen LogP) is 7.03. The van der Waals surface area contributed by atoms with Crippen LogP contribution in [0.25, 0.3) is 0 Å². The van der Waals surface area contributed by atoms with Crippen LogP contribution in [0.4, 0.5) is 0 Å². The van der Waals surface area contributed by atoms with Gasteiger partial charge in [-0.3, -0.25) is 4.79 Å². The van der Waals surface area contributed by atoms with Crippen molar-refractivity contribution < 1.29 is 14.0 Å². The first-order chi connectivity index (χ1) is 12.7.